The van der Waals surface area contributed by atoms with Gasteiger partial charge in [0.25, 0.3) is 0 Å². The van der Waals surface area contributed by atoms with Crippen LogP contribution in [0.25, 0.3) is 0 Å². The molecule has 2 N–H and O–H groups in total. The van der Waals surface area contributed by atoms with Gasteiger partial charge in [0.1, 0.15) is 19.1 Å². The Balaban J connectivity index is 2.69. The zero-order valence-electron chi connectivity index (χ0n) is 3.87. The molecule has 0 aliphatic heterocycles. The summed E-state index contributed by atoms with van der Waals surface area (Å²) in [5.74, 6) is 0. The number of hydrogen-bond acceptors (Lipinski definition) is 3. The summed E-state index contributed by atoms with van der Waals surface area (Å²) >= 11 is 0. The molecule has 0 spiro atoms. The predicted octanol–water partition coefficient (Wildman–Crippen LogP) is 0.0245. The van der Waals surface area contributed by atoms with Gasteiger partial charge in [-0.15, -0.1) is 0 Å². The molecule has 0 saturated carbocycles. The molecule has 42 valence electrons. The first-order valence-electron chi connectivity index (χ1n) is 1.93. The van der Waals surface area contributed by atoms with E-state index in [4.69, 9.17) is 10.2 Å². The van der Waals surface area contributed by atoms with Crippen LogP contribution in [0.2, 0.25) is 0 Å². The van der Waals surface area contributed by atoms with Crippen molar-refractivity contribution in [2.45, 2.75) is 0 Å². The molecule has 0 unspecified atom stereocenters. The van der Waals surface area contributed by atoms with Crippen LogP contribution < -0.4 is 0 Å². The Labute approximate surface area is 41.8 Å². The Kier molecular flexibility index (Phi) is 4.77. The minimum absolute atomic E-state index is 0.0235. The van der Waals surface area contributed by atoms with Crippen LogP contribution in [0.4, 0.5) is 0 Å². The molecule has 0 radical (unpaired) electrons. The van der Waals surface area contributed by atoms with Crippen molar-refractivity contribution < 1.29 is 14.9 Å². The van der Waals surface area contributed by atoms with Crippen LogP contribution >= 0.6 is 0 Å². The molecule has 3 nitrogen and oxygen atoms in total. The highest BCUT2D eigenvalue weighted by atomic mass is 16.5. The number of hydrogen-bond donors (Lipinski definition) is 2. The smallest absolute Gasteiger partial charge is 0.117 e. The molecule has 0 aliphatic carbocycles. The van der Waals surface area contributed by atoms with Gasteiger partial charge in [-0.05, 0) is 0 Å². The molecule has 0 bridgehead atoms. The minimum atomic E-state index is -0.0235. The largest absolute Gasteiger partial charge is 0.512 e. The first kappa shape index (κ1) is 6.30. The van der Waals surface area contributed by atoms with Gasteiger partial charge in [-0.25, -0.2) is 0 Å². The van der Waals surface area contributed by atoms with Crippen molar-refractivity contribution in [2.24, 2.45) is 0 Å². The Morgan fingerprint density at radius 3 is 2.71 bits per heavy atom. The highest BCUT2D eigenvalue weighted by Gasteiger charge is 1.72. The van der Waals surface area contributed by atoms with Gasteiger partial charge in [-0.1, -0.05) is 0 Å². The molecular formula is C4H8O3. The maximum absolute atomic E-state index is 8.05. The molecule has 3 heteroatoms. The molecule has 0 heterocycles. The van der Waals surface area contributed by atoms with E-state index in [2.05, 4.69) is 4.74 Å². The third-order valence-electron chi connectivity index (χ3n) is 0.366. The van der Waals surface area contributed by atoms with Gasteiger partial charge in [-0.3, -0.25) is 0 Å². The average molecular weight is 104 g/mol. The predicted molar refractivity (Wildman–Crippen MR) is 24.8 cm³/mol. The lowest BCUT2D eigenvalue weighted by atomic mass is 10.8. The van der Waals surface area contributed by atoms with Gasteiger partial charge in [0, 0.05) is 0 Å². The van der Waals surface area contributed by atoms with E-state index < -0.39 is 0 Å². The fourth-order valence-electron chi connectivity index (χ4n) is 0.164. The third-order valence-corrected chi connectivity index (χ3v) is 0.366. The molecular weight excluding hydrogens is 96.0 g/mol. The van der Waals surface area contributed by atoms with E-state index in [0.717, 1.165) is 12.5 Å². The van der Waals surface area contributed by atoms with E-state index in [1.807, 2.05) is 0 Å². The molecule has 0 rings (SSSR count). The van der Waals surface area contributed by atoms with E-state index in [1.165, 1.54) is 0 Å². The van der Waals surface area contributed by atoms with Crippen LogP contribution in [0.1, 0.15) is 0 Å². The molecule has 0 saturated heterocycles. The number of rotatable bonds is 3. The van der Waals surface area contributed by atoms with Crippen molar-refractivity contribution in [3.63, 3.8) is 0 Å². The van der Waals surface area contributed by atoms with Crippen LogP contribution in [-0.4, -0.2) is 23.4 Å². The summed E-state index contributed by atoms with van der Waals surface area (Å²) in [6.07, 6.45) is 1.88. The second-order valence-corrected chi connectivity index (χ2v) is 0.880. The standard InChI is InChI=1S/C4H8O3/c5-1-3-7-4-2-6/h1,3,5-6H,2,4H2/b3-1+. The second-order valence-electron chi connectivity index (χ2n) is 0.880. The lowest BCUT2D eigenvalue weighted by Gasteiger charge is -1.90. The van der Waals surface area contributed by atoms with E-state index in [-0.39, 0.29) is 13.2 Å². The molecule has 0 aromatic carbocycles. The Hall–Kier alpha value is -0.700. The van der Waals surface area contributed by atoms with Gasteiger partial charge in [0.2, 0.25) is 0 Å². The molecule has 0 aliphatic rings. The van der Waals surface area contributed by atoms with Crippen LogP contribution in [0, 0.1) is 0 Å². The van der Waals surface area contributed by atoms with Gasteiger partial charge in [-0.2, -0.15) is 0 Å². The lowest BCUT2D eigenvalue weighted by Crippen LogP contribution is -1.91. The van der Waals surface area contributed by atoms with Crippen molar-refractivity contribution >= 4 is 0 Å². The number of ether oxygens (including phenoxy) is 1. The highest BCUT2D eigenvalue weighted by molar-refractivity contribution is 4.55. The van der Waals surface area contributed by atoms with Crippen molar-refractivity contribution in [3.05, 3.63) is 12.5 Å². The fourth-order valence-corrected chi connectivity index (χ4v) is 0.164. The first-order chi connectivity index (χ1) is 3.41. The average Bonchev–Trinajstić information content (AvgIpc) is 1.69. The van der Waals surface area contributed by atoms with Gasteiger partial charge >= 0.3 is 0 Å². The van der Waals surface area contributed by atoms with Crippen LogP contribution in [0.5, 0.6) is 0 Å². The molecule has 0 amide bonds. The maximum Gasteiger partial charge on any atom is 0.117 e. The summed E-state index contributed by atoms with van der Waals surface area (Å²) < 4.78 is 4.45. The lowest BCUT2D eigenvalue weighted by molar-refractivity contribution is 0.162. The van der Waals surface area contributed by atoms with Crippen molar-refractivity contribution in [1.29, 1.82) is 0 Å². The Bertz CT molecular complexity index is 50.9. The summed E-state index contributed by atoms with van der Waals surface area (Å²) in [7, 11) is 0. The topological polar surface area (TPSA) is 49.7 Å². The molecule has 0 aromatic rings. The van der Waals surface area contributed by atoms with Gasteiger partial charge in [0.15, 0.2) is 0 Å². The summed E-state index contributed by atoms with van der Waals surface area (Å²) in [6.45, 7) is 0.210. The molecule has 0 atom stereocenters. The SMILES string of the molecule is O/C=C/OCCO. The van der Waals surface area contributed by atoms with Crippen molar-refractivity contribution in [2.75, 3.05) is 13.2 Å². The van der Waals surface area contributed by atoms with E-state index in [1.54, 1.807) is 0 Å². The molecule has 0 aromatic heterocycles. The molecule has 0 fully saturated rings. The zero-order valence-corrected chi connectivity index (χ0v) is 3.87. The summed E-state index contributed by atoms with van der Waals surface area (Å²) in [6, 6.07) is 0. The third kappa shape index (κ3) is 5.30. The van der Waals surface area contributed by atoms with Crippen molar-refractivity contribution in [3.8, 4) is 0 Å². The summed E-state index contributed by atoms with van der Waals surface area (Å²) in [5.41, 5.74) is 0. The Morgan fingerprint density at radius 1 is 1.57 bits per heavy atom. The highest BCUT2D eigenvalue weighted by Crippen LogP contribution is 1.71. The Morgan fingerprint density at radius 2 is 2.29 bits per heavy atom. The fraction of sp³-hybridized carbons (Fsp3) is 0.500. The van der Waals surface area contributed by atoms with Crippen LogP contribution in [0.3, 0.4) is 0 Å². The number of aliphatic hydroxyl groups is 2. The number of aliphatic hydroxyl groups excluding tert-OH is 2. The molecule has 7 heavy (non-hydrogen) atoms. The van der Waals surface area contributed by atoms with E-state index >= 15 is 0 Å². The van der Waals surface area contributed by atoms with Gasteiger partial charge < -0.3 is 14.9 Å². The van der Waals surface area contributed by atoms with E-state index in [0.29, 0.717) is 0 Å². The zero-order chi connectivity index (χ0) is 5.54. The quantitative estimate of drug-likeness (QED) is 0.392. The summed E-state index contributed by atoms with van der Waals surface area (Å²) in [5, 5.41) is 16.0. The van der Waals surface area contributed by atoms with Crippen molar-refractivity contribution in [1.82, 2.24) is 0 Å². The van der Waals surface area contributed by atoms with Crippen LogP contribution in [0.15, 0.2) is 12.5 Å². The second kappa shape index (κ2) is 5.30. The first-order valence-corrected chi connectivity index (χ1v) is 1.93. The van der Waals surface area contributed by atoms with Gasteiger partial charge in [0.05, 0.1) is 6.61 Å². The minimum Gasteiger partial charge on any atom is -0.512 e. The summed E-state index contributed by atoms with van der Waals surface area (Å²) in [4.78, 5) is 0. The maximum atomic E-state index is 8.05. The van der Waals surface area contributed by atoms with Crippen LogP contribution in [-0.2, 0) is 4.74 Å². The normalized spacial score (nSPS) is 9.86. The monoisotopic (exact) mass is 104 g/mol. The van der Waals surface area contributed by atoms with E-state index in [9.17, 15) is 0 Å².